The maximum absolute atomic E-state index is 5.11. The van der Waals surface area contributed by atoms with Gasteiger partial charge in [0.25, 0.3) is 0 Å². The minimum atomic E-state index is 0.939. The average molecular weight is 338 g/mol. The Hall–Kier alpha value is -3.13. The first kappa shape index (κ1) is 16.3. The van der Waals surface area contributed by atoms with Crippen molar-refractivity contribution in [2.24, 2.45) is 0 Å². The zero-order chi connectivity index (χ0) is 17.8. The Morgan fingerprint density at radius 3 is 1.69 bits per heavy atom. The molecule has 4 rings (SSSR count). The van der Waals surface area contributed by atoms with Crippen LogP contribution in [0, 0.1) is 0 Å². The maximum atomic E-state index is 5.11. The van der Waals surface area contributed by atoms with Crippen LogP contribution in [0.2, 0.25) is 0 Å². The van der Waals surface area contributed by atoms with Gasteiger partial charge in [-0.05, 0) is 6.42 Å². The number of hydrogen-bond donors (Lipinski definition) is 0. The summed E-state index contributed by atoms with van der Waals surface area (Å²) in [5.74, 6) is 1.03. The number of aromatic nitrogens is 2. The van der Waals surface area contributed by atoms with Gasteiger partial charge >= 0.3 is 0 Å². The zero-order valence-electron chi connectivity index (χ0n) is 15.0. The quantitative estimate of drug-likeness (QED) is 0.418. The lowest BCUT2D eigenvalue weighted by atomic mass is 10.0. The van der Waals surface area contributed by atoms with E-state index in [9.17, 15) is 0 Å². The van der Waals surface area contributed by atoms with Crippen LogP contribution in [0.4, 0.5) is 0 Å². The van der Waals surface area contributed by atoms with Crippen molar-refractivity contribution in [3.05, 3.63) is 91.0 Å². The molecular weight excluding hydrogens is 316 g/mol. The molecule has 4 aromatic rings. The van der Waals surface area contributed by atoms with Crippen molar-refractivity contribution in [2.45, 2.75) is 19.9 Å². The SMILES string of the molecule is CCCn1c(-c2ccccc2)nc(-c2ccccc2)c1-c1ccccc1. The van der Waals surface area contributed by atoms with Gasteiger partial charge in [0.15, 0.2) is 0 Å². The summed E-state index contributed by atoms with van der Waals surface area (Å²) < 4.78 is 2.37. The lowest BCUT2D eigenvalue weighted by Crippen LogP contribution is -2.02. The molecule has 0 aliphatic heterocycles. The predicted octanol–water partition coefficient (Wildman–Crippen LogP) is 6.29. The van der Waals surface area contributed by atoms with Crippen molar-refractivity contribution in [2.75, 3.05) is 0 Å². The highest BCUT2D eigenvalue weighted by Crippen LogP contribution is 2.36. The first-order valence-electron chi connectivity index (χ1n) is 9.15. The molecule has 26 heavy (non-hydrogen) atoms. The molecule has 1 aromatic heterocycles. The van der Waals surface area contributed by atoms with E-state index < -0.39 is 0 Å². The molecule has 0 N–H and O–H groups in total. The van der Waals surface area contributed by atoms with Gasteiger partial charge in [0.05, 0.1) is 11.4 Å². The van der Waals surface area contributed by atoms with Crippen LogP contribution in [0.1, 0.15) is 13.3 Å². The van der Waals surface area contributed by atoms with Gasteiger partial charge in [-0.2, -0.15) is 0 Å². The molecule has 0 saturated heterocycles. The van der Waals surface area contributed by atoms with Gasteiger partial charge in [0, 0.05) is 23.2 Å². The highest BCUT2D eigenvalue weighted by molar-refractivity contribution is 5.82. The van der Waals surface area contributed by atoms with Gasteiger partial charge in [0.2, 0.25) is 0 Å². The first-order valence-corrected chi connectivity index (χ1v) is 9.15. The van der Waals surface area contributed by atoms with Crippen LogP contribution in [-0.4, -0.2) is 9.55 Å². The van der Waals surface area contributed by atoms with E-state index in [1.54, 1.807) is 0 Å². The first-order chi connectivity index (χ1) is 12.9. The van der Waals surface area contributed by atoms with Crippen LogP contribution in [0.25, 0.3) is 33.9 Å². The second-order valence-corrected chi connectivity index (χ2v) is 6.38. The lowest BCUT2D eigenvalue weighted by molar-refractivity contribution is 0.691. The molecule has 1 heterocycles. The van der Waals surface area contributed by atoms with E-state index >= 15 is 0 Å². The normalized spacial score (nSPS) is 10.8. The minimum Gasteiger partial charge on any atom is -0.323 e. The fourth-order valence-corrected chi connectivity index (χ4v) is 3.39. The molecule has 0 bridgehead atoms. The summed E-state index contributed by atoms with van der Waals surface area (Å²) in [5, 5.41) is 0. The monoisotopic (exact) mass is 338 g/mol. The van der Waals surface area contributed by atoms with Crippen LogP contribution in [0.3, 0.4) is 0 Å². The van der Waals surface area contributed by atoms with E-state index in [-0.39, 0.29) is 0 Å². The van der Waals surface area contributed by atoms with Gasteiger partial charge in [0.1, 0.15) is 5.82 Å². The largest absolute Gasteiger partial charge is 0.323 e. The number of rotatable bonds is 5. The molecule has 0 radical (unpaired) electrons. The fourth-order valence-electron chi connectivity index (χ4n) is 3.39. The number of nitrogens with zero attached hydrogens (tertiary/aromatic N) is 2. The molecule has 2 nitrogen and oxygen atoms in total. The molecule has 0 fully saturated rings. The topological polar surface area (TPSA) is 17.8 Å². The lowest BCUT2D eigenvalue weighted by Gasteiger charge is -2.12. The van der Waals surface area contributed by atoms with Crippen LogP contribution >= 0.6 is 0 Å². The average Bonchev–Trinajstić information content (AvgIpc) is 3.10. The molecular formula is C24H22N2. The van der Waals surface area contributed by atoms with Crippen molar-refractivity contribution in [1.82, 2.24) is 9.55 Å². The van der Waals surface area contributed by atoms with Crippen molar-refractivity contribution < 1.29 is 0 Å². The van der Waals surface area contributed by atoms with Crippen LogP contribution < -0.4 is 0 Å². The van der Waals surface area contributed by atoms with E-state index in [4.69, 9.17) is 4.98 Å². The highest BCUT2D eigenvalue weighted by Gasteiger charge is 2.20. The molecule has 0 spiro atoms. The minimum absolute atomic E-state index is 0.939. The predicted molar refractivity (Wildman–Crippen MR) is 109 cm³/mol. The maximum Gasteiger partial charge on any atom is 0.141 e. The molecule has 0 atom stereocenters. The van der Waals surface area contributed by atoms with E-state index in [1.165, 1.54) is 11.3 Å². The van der Waals surface area contributed by atoms with Crippen LogP contribution in [-0.2, 0) is 6.54 Å². The van der Waals surface area contributed by atoms with Gasteiger partial charge in [-0.1, -0.05) is 97.9 Å². The highest BCUT2D eigenvalue weighted by atomic mass is 15.1. The van der Waals surface area contributed by atoms with Gasteiger partial charge in [-0.15, -0.1) is 0 Å². The molecule has 0 saturated carbocycles. The summed E-state index contributed by atoms with van der Waals surface area (Å²) in [6.07, 6.45) is 1.06. The van der Waals surface area contributed by atoms with Gasteiger partial charge in [-0.3, -0.25) is 0 Å². The Morgan fingerprint density at radius 2 is 1.15 bits per heavy atom. The van der Waals surface area contributed by atoms with Crippen molar-refractivity contribution in [3.63, 3.8) is 0 Å². The second kappa shape index (κ2) is 7.40. The summed E-state index contributed by atoms with van der Waals surface area (Å²) in [7, 11) is 0. The van der Waals surface area contributed by atoms with E-state index in [0.717, 1.165) is 35.6 Å². The fraction of sp³-hybridized carbons (Fsp3) is 0.125. The van der Waals surface area contributed by atoms with E-state index in [1.807, 2.05) is 12.1 Å². The Balaban J connectivity index is 2.02. The van der Waals surface area contributed by atoms with Crippen LogP contribution in [0.5, 0.6) is 0 Å². The Labute approximate surface area is 154 Å². The molecule has 0 amide bonds. The standard InChI is InChI=1S/C24H22N2/c1-2-18-26-23(20-14-8-4-9-15-20)22(19-12-6-3-7-13-19)25-24(26)21-16-10-5-11-17-21/h3-17H,2,18H2,1H3. The Kier molecular flexibility index (Phi) is 4.65. The third kappa shape index (κ3) is 3.06. The van der Waals surface area contributed by atoms with Gasteiger partial charge < -0.3 is 4.57 Å². The second-order valence-electron chi connectivity index (χ2n) is 6.38. The zero-order valence-corrected chi connectivity index (χ0v) is 15.0. The molecule has 3 aromatic carbocycles. The third-order valence-electron chi connectivity index (χ3n) is 4.54. The number of imidazole rings is 1. The number of benzene rings is 3. The Bertz CT molecular complexity index is 971. The van der Waals surface area contributed by atoms with Gasteiger partial charge in [-0.25, -0.2) is 4.98 Å². The van der Waals surface area contributed by atoms with E-state index in [0.29, 0.717) is 0 Å². The smallest absolute Gasteiger partial charge is 0.141 e. The molecule has 0 aliphatic rings. The third-order valence-corrected chi connectivity index (χ3v) is 4.54. The molecule has 0 unspecified atom stereocenters. The van der Waals surface area contributed by atoms with Crippen LogP contribution in [0.15, 0.2) is 91.0 Å². The Morgan fingerprint density at radius 1 is 0.654 bits per heavy atom. The molecule has 0 aliphatic carbocycles. The van der Waals surface area contributed by atoms with Crippen molar-refractivity contribution in [1.29, 1.82) is 0 Å². The summed E-state index contributed by atoms with van der Waals surface area (Å²) in [5.41, 5.74) is 5.75. The molecule has 2 heteroatoms. The van der Waals surface area contributed by atoms with Crippen molar-refractivity contribution >= 4 is 0 Å². The summed E-state index contributed by atoms with van der Waals surface area (Å²) >= 11 is 0. The van der Waals surface area contributed by atoms with Crippen molar-refractivity contribution in [3.8, 4) is 33.9 Å². The number of hydrogen-bond acceptors (Lipinski definition) is 1. The summed E-state index contributed by atoms with van der Waals surface area (Å²) in [4.78, 5) is 5.11. The van der Waals surface area contributed by atoms with E-state index in [2.05, 4.69) is 90.4 Å². The summed E-state index contributed by atoms with van der Waals surface area (Å²) in [6.45, 7) is 3.15. The molecule has 128 valence electrons. The summed E-state index contributed by atoms with van der Waals surface area (Å²) in [6, 6.07) is 31.5.